The van der Waals surface area contributed by atoms with Crippen LogP contribution in [0.1, 0.15) is 41.4 Å². The first kappa shape index (κ1) is 21.9. The molecule has 1 amide bonds. The van der Waals surface area contributed by atoms with E-state index in [1.54, 1.807) is 20.3 Å². The lowest BCUT2D eigenvalue weighted by Gasteiger charge is -2.35. The van der Waals surface area contributed by atoms with Crippen molar-refractivity contribution in [3.05, 3.63) is 65.9 Å². The van der Waals surface area contributed by atoms with Crippen LogP contribution in [0, 0.1) is 0 Å². The van der Waals surface area contributed by atoms with Gasteiger partial charge in [0.05, 0.1) is 20.3 Å². The summed E-state index contributed by atoms with van der Waals surface area (Å²) in [5.41, 5.74) is 2.24. The van der Waals surface area contributed by atoms with Gasteiger partial charge in [-0.1, -0.05) is 48.0 Å². The molecule has 4 rings (SSSR count). The standard InChI is InChI=1S/C25H29N3O4/c1-30-22-12-11-19(15-24(22)31-2)21(28-13-7-4-8-14-28)17-26-25(29)20-16-23(32-27-20)18-9-5-3-6-10-18/h3,5-6,9-12,15-16,21H,4,7-8,13-14,17H2,1-2H3,(H,26,29). The van der Waals surface area contributed by atoms with Crippen LogP contribution in [0.5, 0.6) is 11.5 Å². The van der Waals surface area contributed by atoms with E-state index >= 15 is 0 Å². The van der Waals surface area contributed by atoms with Crippen LogP contribution in [0.2, 0.25) is 0 Å². The summed E-state index contributed by atoms with van der Waals surface area (Å²) in [6.45, 7) is 2.45. The van der Waals surface area contributed by atoms with Crippen molar-refractivity contribution in [3.8, 4) is 22.8 Å². The predicted octanol–water partition coefficient (Wildman–Crippen LogP) is 4.32. The second kappa shape index (κ2) is 10.3. The fourth-order valence-electron chi connectivity index (χ4n) is 4.15. The maximum Gasteiger partial charge on any atom is 0.273 e. The van der Waals surface area contributed by atoms with Gasteiger partial charge in [0.2, 0.25) is 0 Å². The van der Waals surface area contributed by atoms with Crippen LogP contribution < -0.4 is 14.8 Å². The van der Waals surface area contributed by atoms with E-state index in [9.17, 15) is 4.79 Å². The summed E-state index contributed by atoms with van der Waals surface area (Å²) in [6, 6.07) is 17.3. The van der Waals surface area contributed by atoms with Crippen LogP contribution in [-0.4, -0.2) is 49.8 Å². The average molecular weight is 436 g/mol. The SMILES string of the molecule is COc1ccc(C(CNC(=O)c2cc(-c3ccccc3)on2)N2CCCCC2)cc1OC. The van der Waals surface area contributed by atoms with Crippen LogP contribution >= 0.6 is 0 Å². The van der Waals surface area contributed by atoms with Crippen molar-refractivity contribution in [2.45, 2.75) is 25.3 Å². The number of rotatable bonds is 8. The summed E-state index contributed by atoms with van der Waals surface area (Å²) in [5, 5.41) is 7.02. The lowest BCUT2D eigenvalue weighted by atomic mass is 10.0. The van der Waals surface area contributed by atoms with E-state index in [0.29, 0.717) is 23.8 Å². The minimum absolute atomic E-state index is 0.0274. The number of aromatic nitrogens is 1. The van der Waals surface area contributed by atoms with Gasteiger partial charge < -0.3 is 19.3 Å². The first-order chi connectivity index (χ1) is 15.7. The normalized spacial score (nSPS) is 15.2. The molecule has 1 N–H and O–H groups in total. The van der Waals surface area contributed by atoms with E-state index in [4.69, 9.17) is 14.0 Å². The van der Waals surface area contributed by atoms with Crippen molar-refractivity contribution in [1.82, 2.24) is 15.4 Å². The Hall–Kier alpha value is -3.32. The fourth-order valence-corrected chi connectivity index (χ4v) is 4.15. The molecule has 2 aromatic carbocycles. The molecule has 1 aromatic heterocycles. The zero-order chi connectivity index (χ0) is 22.3. The summed E-state index contributed by atoms with van der Waals surface area (Å²) in [5.74, 6) is 1.69. The Morgan fingerprint density at radius 1 is 1.03 bits per heavy atom. The Labute approximate surface area is 188 Å². The van der Waals surface area contributed by atoms with Crippen LogP contribution in [0.25, 0.3) is 11.3 Å². The Morgan fingerprint density at radius 3 is 2.50 bits per heavy atom. The van der Waals surface area contributed by atoms with Gasteiger partial charge in [-0.3, -0.25) is 9.69 Å². The number of carbonyl (C=O) groups is 1. The summed E-state index contributed by atoms with van der Waals surface area (Å²) >= 11 is 0. The van der Waals surface area contributed by atoms with Gasteiger partial charge in [-0.2, -0.15) is 0 Å². The molecule has 3 aromatic rings. The van der Waals surface area contributed by atoms with Crippen molar-refractivity contribution in [1.29, 1.82) is 0 Å². The molecule has 7 nitrogen and oxygen atoms in total. The second-order valence-corrected chi connectivity index (χ2v) is 7.88. The number of amides is 1. The molecule has 1 saturated heterocycles. The number of hydrogen-bond acceptors (Lipinski definition) is 6. The number of carbonyl (C=O) groups excluding carboxylic acids is 1. The first-order valence-electron chi connectivity index (χ1n) is 11.0. The number of piperidine rings is 1. The lowest BCUT2D eigenvalue weighted by molar-refractivity contribution is 0.0915. The van der Waals surface area contributed by atoms with E-state index in [1.165, 1.54) is 6.42 Å². The number of nitrogens with one attached hydrogen (secondary N) is 1. The molecule has 0 radical (unpaired) electrons. The summed E-state index contributed by atoms with van der Waals surface area (Å²) in [6.07, 6.45) is 3.55. The Bertz CT molecular complexity index is 1030. The highest BCUT2D eigenvalue weighted by atomic mass is 16.5. The van der Waals surface area contributed by atoms with Crippen molar-refractivity contribution >= 4 is 5.91 Å². The molecule has 2 heterocycles. The highest BCUT2D eigenvalue weighted by Gasteiger charge is 2.25. The van der Waals surface area contributed by atoms with Crippen molar-refractivity contribution in [2.24, 2.45) is 0 Å². The molecule has 168 valence electrons. The highest BCUT2D eigenvalue weighted by Crippen LogP contribution is 2.33. The van der Waals surface area contributed by atoms with Crippen molar-refractivity contribution < 1.29 is 18.8 Å². The molecular formula is C25H29N3O4. The van der Waals surface area contributed by atoms with E-state index in [1.807, 2.05) is 48.5 Å². The first-order valence-corrected chi connectivity index (χ1v) is 11.0. The molecule has 32 heavy (non-hydrogen) atoms. The number of benzene rings is 2. The van der Waals surface area contributed by atoms with E-state index in [0.717, 1.165) is 37.1 Å². The summed E-state index contributed by atoms with van der Waals surface area (Å²) in [4.78, 5) is 15.3. The third kappa shape index (κ3) is 4.94. The molecule has 1 atom stereocenters. The molecule has 0 bridgehead atoms. The molecule has 1 unspecified atom stereocenters. The average Bonchev–Trinajstić information content (AvgIpc) is 3.36. The fraction of sp³-hybridized carbons (Fsp3) is 0.360. The van der Waals surface area contributed by atoms with Gasteiger partial charge in [0.25, 0.3) is 5.91 Å². The minimum Gasteiger partial charge on any atom is -0.493 e. The third-order valence-corrected chi connectivity index (χ3v) is 5.88. The van der Waals surface area contributed by atoms with Crippen LogP contribution in [0.3, 0.4) is 0 Å². The van der Waals surface area contributed by atoms with Gasteiger partial charge in [-0.05, 0) is 43.6 Å². The highest BCUT2D eigenvalue weighted by molar-refractivity contribution is 5.93. The number of hydrogen-bond donors (Lipinski definition) is 1. The number of nitrogens with zero attached hydrogens (tertiary/aromatic N) is 2. The van der Waals surface area contributed by atoms with Gasteiger partial charge in [0.1, 0.15) is 0 Å². The quantitative estimate of drug-likeness (QED) is 0.568. The van der Waals surface area contributed by atoms with Gasteiger partial charge in [0, 0.05) is 18.2 Å². The van der Waals surface area contributed by atoms with E-state index < -0.39 is 0 Å². The maximum absolute atomic E-state index is 12.8. The van der Waals surface area contributed by atoms with Gasteiger partial charge in [-0.15, -0.1) is 0 Å². The molecule has 1 aliphatic rings. The van der Waals surface area contributed by atoms with E-state index in [-0.39, 0.29) is 17.6 Å². The van der Waals surface area contributed by atoms with Crippen LogP contribution in [0.15, 0.2) is 59.1 Å². The van der Waals surface area contributed by atoms with Crippen LogP contribution in [-0.2, 0) is 0 Å². The van der Waals surface area contributed by atoms with Gasteiger partial charge >= 0.3 is 0 Å². The van der Waals surface area contributed by atoms with Crippen molar-refractivity contribution in [2.75, 3.05) is 33.9 Å². The largest absolute Gasteiger partial charge is 0.493 e. The molecule has 0 spiro atoms. The second-order valence-electron chi connectivity index (χ2n) is 7.88. The van der Waals surface area contributed by atoms with E-state index in [2.05, 4.69) is 15.4 Å². The topological polar surface area (TPSA) is 76.8 Å². The Balaban J connectivity index is 1.50. The summed E-state index contributed by atoms with van der Waals surface area (Å²) in [7, 11) is 3.26. The Kier molecular flexibility index (Phi) is 7.07. The summed E-state index contributed by atoms with van der Waals surface area (Å²) < 4.78 is 16.3. The third-order valence-electron chi connectivity index (χ3n) is 5.88. The van der Waals surface area contributed by atoms with Gasteiger partial charge in [0.15, 0.2) is 23.0 Å². The number of ether oxygens (including phenoxy) is 2. The lowest BCUT2D eigenvalue weighted by Crippen LogP contribution is -2.40. The predicted molar refractivity (Wildman–Crippen MR) is 122 cm³/mol. The number of likely N-dealkylation sites (tertiary alicyclic amines) is 1. The molecule has 0 aliphatic carbocycles. The molecule has 1 fully saturated rings. The monoisotopic (exact) mass is 435 g/mol. The number of methoxy groups -OCH3 is 2. The molecule has 0 saturated carbocycles. The molecule has 1 aliphatic heterocycles. The smallest absolute Gasteiger partial charge is 0.273 e. The zero-order valence-corrected chi connectivity index (χ0v) is 18.5. The zero-order valence-electron chi connectivity index (χ0n) is 18.5. The van der Waals surface area contributed by atoms with Crippen molar-refractivity contribution in [3.63, 3.8) is 0 Å². The Morgan fingerprint density at radius 2 is 1.78 bits per heavy atom. The van der Waals surface area contributed by atoms with Crippen LogP contribution in [0.4, 0.5) is 0 Å². The maximum atomic E-state index is 12.8. The molecular weight excluding hydrogens is 406 g/mol. The van der Waals surface area contributed by atoms with Gasteiger partial charge in [-0.25, -0.2) is 0 Å². The minimum atomic E-state index is -0.251. The molecule has 7 heteroatoms.